The Balaban J connectivity index is 0.00000240. The molecule has 0 radical (unpaired) electrons. The van der Waals surface area contributed by atoms with Crippen molar-refractivity contribution in [1.82, 2.24) is 9.88 Å². The van der Waals surface area contributed by atoms with E-state index < -0.39 is 5.82 Å². The summed E-state index contributed by atoms with van der Waals surface area (Å²) in [4.78, 5) is 21.6. The van der Waals surface area contributed by atoms with Crippen LogP contribution in [-0.4, -0.2) is 55.2 Å². The van der Waals surface area contributed by atoms with E-state index in [-0.39, 0.29) is 18.3 Å². The maximum atomic E-state index is 13.7. The standard InChI is InChI=1S/C20H19ClFN3O2S.ClH/c21-16-5-2-6-17-18(16)23-20(28-17)25(8-7-24-9-11-27-12-10-24)19(26)14-3-1-4-15(22)13-14;/h1-6,13H,7-12H2;1H. The van der Waals surface area contributed by atoms with Crippen LogP contribution in [0.25, 0.3) is 10.2 Å². The van der Waals surface area contributed by atoms with E-state index >= 15 is 0 Å². The molecule has 29 heavy (non-hydrogen) atoms. The zero-order valence-corrected chi connectivity index (χ0v) is 17.9. The molecule has 1 aliphatic rings. The third-order valence-corrected chi connectivity index (χ3v) is 6.00. The van der Waals surface area contributed by atoms with Crippen molar-refractivity contribution in [2.75, 3.05) is 44.3 Å². The molecule has 0 atom stereocenters. The molecule has 0 aliphatic carbocycles. The number of hydrogen-bond acceptors (Lipinski definition) is 5. The number of para-hydroxylation sites is 1. The molecule has 1 fully saturated rings. The lowest BCUT2D eigenvalue weighted by Gasteiger charge is -2.29. The van der Waals surface area contributed by atoms with Crippen LogP contribution in [0.2, 0.25) is 5.02 Å². The highest BCUT2D eigenvalue weighted by atomic mass is 35.5. The molecule has 1 aliphatic heterocycles. The minimum absolute atomic E-state index is 0. The lowest BCUT2D eigenvalue weighted by molar-refractivity contribution is 0.0391. The van der Waals surface area contributed by atoms with Crippen LogP contribution in [0.1, 0.15) is 10.4 Å². The number of aromatic nitrogens is 1. The molecule has 9 heteroatoms. The maximum Gasteiger partial charge on any atom is 0.260 e. The Morgan fingerprint density at radius 2 is 2.00 bits per heavy atom. The molecule has 1 amide bonds. The highest BCUT2D eigenvalue weighted by Crippen LogP contribution is 2.33. The van der Waals surface area contributed by atoms with Crippen LogP contribution in [0.15, 0.2) is 42.5 Å². The molecule has 0 saturated carbocycles. The number of halogens is 3. The lowest BCUT2D eigenvalue weighted by atomic mass is 10.2. The van der Waals surface area contributed by atoms with Gasteiger partial charge in [0.25, 0.3) is 5.91 Å². The van der Waals surface area contributed by atoms with Gasteiger partial charge in [0, 0.05) is 31.7 Å². The molecule has 3 aromatic rings. The van der Waals surface area contributed by atoms with Gasteiger partial charge >= 0.3 is 0 Å². The average molecular weight is 456 g/mol. The third kappa shape index (κ3) is 5.05. The van der Waals surface area contributed by atoms with Gasteiger partial charge in [-0.3, -0.25) is 14.6 Å². The molecule has 154 valence electrons. The fourth-order valence-corrected chi connectivity index (χ4v) is 4.44. The van der Waals surface area contributed by atoms with Gasteiger partial charge in [0.1, 0.15) is 11.3 Å². The number of thiazole rings is 1. The highest BCUT2D eigenvalue weighted by Gasteiger charge is 2.23. The number of rotatable bonds is 5. The molecular weight excluding hydrogens is 436 g/mol. The van der Waals surface area contributed by atoms with E-state index in [1.807, 2.05) is 12.1 Å². The number of nitrogens with zero attached hydrogens (tertiary/aromatic N) is 3. The van der Waals surface area contributed by atoms with Crippen molar-refractivity contribution in [3.63, 3.8) is 0 Å². The van der Waals surface area contributed by atoms with Gasteiger partial charge in [-0.1, -0.05) is 35.1 Å². The fraction of sp³-hybridized carbons (Fsp3) is 0.300. The summed E-state index contributed by atoms with van der Waals surface area (Å²) in [5.41, 5.74) is 0.972. The van der Waals surface area contributed by atoms with Gasteiger partial charge in [-0.25, -0.2) is 9.37 Å². The quantitative estimate of drug-likeness (QED) is 0.568. The second kappa shape index (κ2) is 9.82. The number of ether oxygens (including phenoxy) is 1. The van der Waals surface area contributed by atoms with Crippen LogP contribution >= 0.6 is 35.3 Å². The van der Waals surface area contributed by atoms with Crippen molar-refractivity contribution in [2.24, 2.45) is 0 Å². The molecule has 2 heterocycles. The summed E-state index contributed by atoms with van der Waals surface area (Å²) in [6.07, 6.45) is 0. The van der Waals surface area contributed by atoms with Gasteiger partial charge in [-0.15, -0.1) is 12.4 Å². The molecule has 0 bridgehead atoms. The zero-order chi connectivity index (χ0) is 19.5. The molecule has 5 nitrogen and oxygen atoms in total. The second-order valence-corrected chi connectivity index (χ2v) is 7.92. The Kier molecular flexibility index (Phi) is 7.43. The van der Waals surface area contributed by atoms with Crippen LogP contribution < -0.4 is 4.90 Å². The van der Waals surface area contributed by atoms with E-state index in [0.717, 1.165) is 17.8 Å². The Labute approximate surface area is 183 Å². The second-order valence-electron chi connectivity index (χ2n) is 6.50. The predicted octanol–water partition coefficient (Wildman–Crippen LogP) is 4.49. The van der Waals surface area contributed by atoms with Crippen LogP contribution in [0, 0.1) is 5.82 Å². The molecule has 0 N–H and O–H groups in total. The first-order valence-electron chi connectivity index (χ1n) is 9.04. The van der Waals surface area contributed by atoms with Gasteiger partial charge in [0.2, 0.25) is 0 Å². The summed E-state index contributed by atoms with van der Waals surface area (Å²) in [7, 11) is 0. The van der Waals surface area contributed by atoms with Crippen molar-refractivity contribution >= 4 is 56.6 Å². The Bertz CT molecular complexity index is 995. The van der Waals surface area contributed by atoms with Crippen LogP contribution in [0.4, 0.5) is 9.52 Å². The third-order valence-electron chi connectivity index (χ3n) is 4.65. The summed E-state index contributed by atoms with van der Waals surface area (Å²) in [5.74, 6) is -0.714. The fourth-order valence-electron chi connectivity index (χ4n) is 3.15. The van der Waals surface area contributed by atoms with E-state index in [1.54, 1.807) is 17.0 Å². The van der Waals surface area contributed by atoms with E-state index in [2.05, 4.69) is 9.88 Å². The molecular formula is C20H20Cl2FN3O2S. The molecule has 1 saturated heterocycles. The number of hydrogen-bond donors (Lipinski definition) is 0. The minimum atomic E-state index is -0.439. The number of morpholine rings is 1. The van der Waals surface area contributed by atoms with Crippen LogP contribution in [0.5, 0.6) is 0 Å². The van der Waals surface area contributed by atoms with Gasteiger partial charge in [0.05, 0.1) is 22.9 Å². The van der Waals surface area contributed by atoms with Crippen LogP contribution in [-0.2, 0) is 4.74 Å². The monoisotopic (exact) mass is 455 g/mol. The number of amides is 1. The van der Waals surface area contributed by atoms with E-state index in [1.165, 1.54) is 29.5 Å². The first-order chi connectivity index (χ1) is 13.6. The molecule has 0 unspecified atom stereocenters. The summed E-state index contributed by atoms with van der Waals surface area (Å²) >= 11 is 7.67. The van der Waals surface area contributed by atoms with Crippen molar-refractivity contribution in [1.29, 1.82) is 0 Å². The Morgan fingerprint density at radius 1 is 1.24 bits per heavy atom. The summed E-state index contributed by atoms with van der Waals surface area (Å²) < 4.78 is 20.0. The summed E-state index contributed by atoms with van der Waals surface area (Å²) in [5, 5.41) is 1.11. The van der Waals surface area contributed by atoms with E-state index in [0.29, 0.717) is 47.5 Å². The maximum absolute atomic E-state index is 13.7. The first-order valence-corrected chi connectivity index (χ1v) is 10.2. The van der Waals surface area contributed by atoms with E-state index in [9.17, 15) is 9.18 Å². The van der Waals surface area contributed by atoms with Crippen molar-refractivity contribution in [3.05, 3.63) is 58.9 Å². The van der Waals surface area contributed by atoms with Crippen LogP contribution in [0.3, 0.4) is 0 Å². The summed E-state index contributed by atoms with van der Waals surface area (Å²) in [6.45, 7) is 4.17. The number of carbonyl (C=O) groups is 1. The van der Waals surface area contributed by atoms with Gasteiger partial charge in [0.15, 0.2) is 5.13 Å². The normalized spacial score (nSPS) is 14.6. The van der Waals surface area contributed by atoms with Crippen molar-refractivity contribution in [2.45, 2.75) is 0 Å². The number of anilines is 1. The molecule has 0 spiro atoms. The lowest BCUT2D eigenvalue weighted by Crippen LogP contribution is -2.43. The topological polar surface area (TPSA) is 45.7 Å². The van der Waals surface area contributed by atoms with Gasteiger partial charge < -0.3 is 4.74 Å². The van der Waals surface area contributed by atoms with Gasteiger partial charge in [-0.2, -0.15) is 0 Å². The number of fused-ring (bicyclic) bond motifs is 1. The van der Waals surface area contributed by atoms with Crippen molar-refractivity contribution in [3.8, 4) is 0 Å². The minimum Gasteiger partial charge on any atom is -0.379 e. The molecule has 1 aromatic heterocycles. The number of benzene rings is 2. The molecule has 2 aromatic carbocycles. The zero-order valence-electron chi connectivity index (χ0n) is 15.5. The largest absolute Gasteiger partial charge is 0.379 e. The predicted molar refractivity (Wildman–Crippen MR) is 117 cm³/mol. The van der Waals surface area contributed by atoms with Crippen molar-refractivity contribution < 1.29 is 13.9 Å². The Morgan fingerprint density at radius 3 is 2.72 bits per heavy atom. The SMILES string of the molecule is Cl.O=C(c1cccc(F)c1)N(CCN1CCOCC1)c1nc2c(Cl)cccc2s1. The average Bonchev–Trinajstić information content (AvgIpc) is 3.14. The first kappa shape index (κ1) is 21.9. The smallest absolute Gasteiger partial charge is 0.260 e. The molecule has 4 rings (SSSR count). The highest BCUT2D eigenvalue weighted by molar-refractivity contribution is 7.22. The van der Waals surface area contributed by atoms with Gasteiger partial charge in [-0.05, 0) is 30.3 Å². The number of carbonyl (C=O) groups excluding carboxylic acids is 1. The Hall–Kier alpha value is -1.77. The summed E-state index contributed by atoms with van der Waals surface area (Å²) in [6, 6.07) is 11.3. The van der Waals surface area contributed by atoms with E-state index in [4.69, 9.17) is 16.3 Å².